The number of amides is 2. The molecule has 0 saturated carbocycles. The number of likely N-dealkylation sites (tertiary alicyclic amines) is 1. The third-order valence-electron chi connectivity index (χ3n) is 5.79. The summed E-state index contributed by atoms with van der Waals surface area (Å²) in [7, 11) is 0. The van der Waals surface area contributed by atoms with Crippen LogP contribution >= 0.6 is 0 Å². The van der Waals surface area contributed by atoms with Crippen LogP contribution in [-0.2, 0) is 25.7 Å². The minimum absolute atomic E-state index is 0.145. The molecule has 1 saturated heterocycles. The molecule has 29 heavy (non-hydrogen) atoms. The van der Waals surface area contributed by atoms with Crippen LogP contribution in [0.4, 0.5) is 0 Å². The molecular weight excluding hydrogens is 374 g/mol. The van der Waals surface area contributed by atoms with E-state index >= 15 is 0 Å². The Morgan fingerprint density at radius 3 is 2.41 bits per heavy atom. The van der Waals surface area contributed by atoms with E-state index in [0.717, 1.165) is 16.0 Å². The Labute approximate surface area is 166 Å². The lowest BCUT2D eigenvalue weighted by Crippen LogP contribution is -2.36. The number of rotatable bonds is 4. The number of imide groups is 1. The molecule has 2 aromatic rings. The fraction of sp³-hybridized carbons (Fsp3) is 0.364. The first kappa shape index (κ1) is 19.1. The highest BCUT2D eigenvalue weighted by Gasteiger charge is 2.47. The van der Waals surface area contributed by atoms with Crippen LogP contribution in [0.25, 0.3) is 11.0 Å². The minimum atomic E-state index is -0.691. The SMILES string of the molecule is Cc1ccc2c(COC(=O)CN3C(=O)[C@H]4CC=CC[C@@H]4C3=O)cc(=O)oc2c1C. The second-order valence-electron chi connectivity index (χ2n) is 7.55. The van der Waals surface area contributed by atoms with E-state index in [9.17, 15) is 19.2 Å². The number of aryl methyl sites for hydroxylation is 2. The molecule has 1 aromatic carbocycles. The van der Waals surface area contributed by atoms with Gasteiger partial charge in [0.15, 0.2) is 0 Å². The van der Waals surface area contributed by atoms with E-state index in [1.54, 1.807) is 0 Å². The van der Waals surface area contributed by atoms with Crippen molar-refractivity contribution in [1.29, 1.82) is 0 Å². The van der Waals surface area contributed by atoms with E-state index in [2.05, 4.69) is 0 Å². The summed E-state index contributed by atoms with van der Waals surface area (Å²) in [6, 6.07) is 5.01. The van der Waals surface area contributed by atoms with Gasteiger partial charge in [0, 0.05) is 17.0 Å². The van der Waals surface area contributed by atoms with Crippen LogP contribution in [0.15, 0.2) is 39.6 Å². The number of ether oxygens (including phenoxy) is 1. The molecule has 150 valence electrons. The molecule has 0 bridgehead atoms. The molecule has 2 amide bonds. The highest BCUT2D eigenvalue weighted by molar-refractivity contribution is 6.07. The van der Waals surface area contributed by atoms with E-state index in [1.807, 2.05) is 38.1 Å². The molecule has 2 atom stereocenters. The smallest absolute Gasteiger partial charge is 0.336 e. The van der Waals surface area contributed by atoms with Crippen molar-refractivity contribution in [2.24, 2.45) is 11.8 Å². The maximum atomic E-state index is 12.5. The molecule has 1 aliphatic carbocycles. The molecule has 1 aromatic heterocycles. The Kier molecular flexibility index (Phi) is 4.82. The molecule has 7 heteroatoms. The molecule has 7 nitrogen and oxygen atoms in total. The standard InChI is InChI=1S/C22H21NO6/c1-12-7-8-15-14(9-18(24)29-20(15)13(12)2)11-28-19(25)10-23-21(26)16-5-3-4-6-17(16)22(23)27/h3-4,7-9,16-17H,5-6,10-11H2,1-2H3/t16-,17-/m0/s1. The van der Waals surface area contributed by atoms with E-state index in [1.165, 1.54) is 6.07 Å². The Bertz CT molecular complexity index is 1090. The Morgan fingerprint density at radius 1 is 1.10 bits per heavy atom. The molecule has 2 heterocycles. The van der Waals surface area contributed by atoms with Gasteiger partial charge in [0.05, 0.1) is 11.8 Å². The summed E-state index contributed by atoms with van der Waals surface area (Å²) in [5.41, 5.74) is 2.28. The van der Waals surface area contributed by atoms with Gasteiger partial charge in [-0.05, 0) is 37.8 Å². The normalized spacial score (nSPS) is 21.0. The molecule has 4 rings (SSSR count). The number of carbonyl (C=O) groups excluding carboxylic acids is 3. The number of allylic oxidation sites excluding steroid dienone is 2. The Balaban J connectivity index is 1.48. The van der Waals surface area contributed by atoms with Crippen molar-refractivity contribution >= 4 is 28.8 Å². The van der Waals surface area contributed by atoms with Gasteiger partial charge in [-0.1, -0.05) is 24.3 Å². The van der Waals surface area contributed by atoms with Crippen LogP contribution in [0.3, 0.4) is 0 Å². The molecule has 2 aliphatic rings. The van der Waals surface area contributed by atoms with E-state index in [0.29, 0.717) is 29.4 Å². The average Bonchev–Trinajstić information content (AvgIpc) is 2.94. The second kappa shape index (κ2) is 7.31. The van der Waals surface area contributed by atoms with Gasteiger partial charge in [-0.3, -0.25) is 19.3 Å². The van der Waals surface area contributed by atoms with Gasteiger partial charge in [0.2, 0.25) is 11.8 Å². The predicted octanol–water partition coefficient (Wildman–Crippen LogP) is 2.40. The lowest BCUT2D eigenvalue weighted by Gasteiger charge is -2.14. The zero-order valence-corrected chi connectivity index (χ0v) is 16.3. The molecule has 0 N–H and O–H groups in total. The third kappa shape index (κ3) is 3.37. The quantitative estimate of drug-likeness (QED) is 0.342. The number of hydrogen-bond acceptors (Lipinski definition) is 6. The summed E-state index contributed by atoms with van der Waals surface area (Å²) >= 11 is 0. The maximum absolute atomic E-state index is 12.5. The lowest BCUT2D eigenvalue weighted by atomic mass is 9.85. The van der Waals surface area contributed by atoms with Gasteiger partial charge < -0.3 is 9.15 Å². The molecular formula is C22H21NO6. The van der Waals surface area contributed by atoms with Crippen LogP contribution in [0.2, 0.25) is 0 Å². The fourth-order valence-corrected chi connectivity index (χ4v) is 4.00. The first-order valence-corrected chi connectivity index (χ1v) is 9.55. The van der Waals surface area contributed by atoms with Crippen molar-refractivity contribution in [3.8, 4) is 0 Å². The van der Waals surface area contributed by atoms with E-state index in [4.69, 9.17) is 9.15 Å². The number of fused-ring (bicyclic) bond motifs is 2. The largest absolute Gasteiger partial charge is 0.459 e. The second-order valence-corrected chi connectivity index (χ2v) is 7.55. The number of benzene rings is 1. The molecule has 0 unspecified atom stereocenters. The van der Waals surface area contributed by atoms with Crippen molar-refractivity contribution in [1.82, 2.24) is 4.90 Å². The van der Waals surface area contributed by atoms with Gasteiger partial charge in [0.25, 0.3) is 0 Å². The first-order valence-electron chi connectivity index (χ1n) is 9.55. The summed E-state index contributed by atoms with van der Waals surface area (Å²) in [5, 5.41) is 0.686. The molecule has 0 spiro atoms. The van der Waals surface area contributed by atoms with E-state index < -0.39 is 18.1 Å². The van der Waals surface area contributed by atoms with Gasteiger partial charge in [-0.15, -0.1) is 0 Å². The van der Waals surface area contributed by atoms with Crippen molar-refractivity contribution in [3.05, 3.63) is 57.5 Å². The lowest BCUT2D eigenvalue weighted by molar-refractivity contribution is -0.153. The van der Waals surface area contributed by atoms with Crippen LogP contribution in [0, 0.1) is 25.7 Å². The van der Waals surface area contributed by atoms with Crippen LogP contribution in [0.5, 0.6) is 0 Å². The summed E-state index contributed by atoms with van der Waals surface area (Å²) in [6.07, 6.45) is 4.82. The number of hydrogen-bond donors (Lipinski definition) is 0. The summed E-state index contributed by atoms with van der Waals surface area (Å²) in [6.45, 7) is 3.21. The van der Waals surface area contributed by atoms with Crippen molar-refractivity contribution in [2.45, 2.75) is 33.3 Å². The van der Waals surface area contributed by atoms with Crippen LogP contribution < -0.4 is 5.63 Å². The Hall–Kier alpha value is -3.22. The monoisotopic (exact) mass is 395 g/mol. The highest BCUT2D eigenvalue weighted by atomic mass is 16.5. The van der Waals surface area contributed by atoms with Gasteiger partial charge in [-0.25, -0.2) is 4.79 Å². The third-order valence-corrected chi connectivity index (χ3v) is 5.79. The summed E-state index contributed by atoms with van der Waals surface area (Å²) in [5.74, 6) is -2.09. The number of carbonyl (C=O) groups is 3. The maximum Gasteiger partial charge on any atom is 0.336 e. The zero-order chi connectivity index (χ0) is 20.7. The predicted molar refractivity (Wildman–Crippen MR) is 104 cm³/mol. The topological polar surface area (TPSA) is 93.9 Å². The summed E-state index contributed by atoms with van der Waals surface area (Å²) < 4.78 is 10.6. The van der Waals surface area contributed by atoms with Crippen molar-refractivity contribution in [3.63, 3.8) is 0 Å². The minimum Gasteiger partial charge on any atom is -0.459 e. The molecule has 1 aliphatic heterocycles. The Morgan fingerprint density at radius 2 is 1.76 bits per heavy atom. The number of nitrogens with zero attached hydrogens (tertiary/aromatic N) is 1. The van der Waals surface area contributed by atoms with E-state index in [-0.39, 0.29) is 30.3 Å². The van der Waals surface area contributed by atoms with Crippen molar-refractivity contribution in [2.75, 3.05) is 6.54 Å². The fourth-order valence-electron chi connectivity index (χ4n) is 4.00. The van der Waals surface area contributed by atoms with Crippen LogP contribution in [-0.4, -0.2) is 29.2 Å². The molecule has 1 fully saturated rings. The van der Waals surface area contributed by atoms with Gasteiger partial charge >= 0.3 is 11.6 Å². The van der Waals surface area contributed by atoms with Gasteiger partial charge in [-0.2, -0.15) is 0 Å². The highest BCUT2D eigenvalue weighted by Crippen LogP contribution is 2.35. The van der Waals surface area contributed by atoms with Crippen molar-refractivity contribution < 1.29 is 23.5 Å². The number of esters is 1. The molecule has 0 radical (unpaired) electrons. The van der Waals surface area contributed by atoms with Crippen LogP contribution in [0.1, 0.15) is 29.5 Å². The zero-order valence-electron chi connectivity index (χ0n) is 16.3. The summed E-state index contributed by atoms with van der Waals surface area (Å²) in [4.78, 5) is 50.1. The first-order chi connectivity index (χ1) is 13.9. The van der Waals surface area contributed by atoms with Gasteiger partial charge in [0.1, 0.15) is 18.7 Å². The average molecular weight is 395 g/mol.